The maximum atomic E-state index is 12.2. The first kappa shape index (κ1) is 14.3. The first-order chi connectivity index (χ1) is 8.97. The maximum absolute atomic E-state index is 12.2. The summed E-state index contributed by atoms with van der Waals surface area (Å²) in [5.74, 6) is -0.195. The highest BCUT2D eigenvalue weighted by atomic mass is 16.4. The Morgan fingerprint density at radius 1 is 1.21 bits per heavy atom. The van der Waals surface area contributed by atoms with Gasteiger partial charge in [-0.15, -0.1) is 0 Å². The number of amides is 1. The number of aliphatic carboxylic acids is 1. The number of rotatable bonds is 3. The highest BCUT2D eigenvalue weighted by Crippen LogP contribution is 2.23. The summed E-state index contributed by atoms with van der Waals surface area (Å²) >= 11 is 0. The number of carboxylic acids is 1. The number of piperidine rings is 1. The Labute approximate surface area is 114 Å². The molecule has 2 rings (SSSR count). The van der Waals surface area contributed by atoms with Gasteiger partial charge in [0.1, 0.15) is 0 Å². The Hall–Kier alpha value is -1.10. The summed E-state index contributed by atoms with van der Waals surface area (Å²) < 4.78 is 0. The molecule has 0 saturated carbocycles. The Morgan fingerprint density at radius 2 is 1.95 bits per heavy atom. The van der Waals surface area contributed by atoms with Gasteiger partial charge in [0.2, 0.25) is 5.91 Å². The lowest BCUT2D eigenvalue weighted by Crippen LogP contribution is -2.44. The summed E-state index contributed by atoms with van der Waals surface area (Å²) in [7, 11) is 0. The van der Waals surface area contributed by atoms with Crippen molar-refractivity contribution in [3.05, 3.63) is 0 Å². The average molecular weight is 268 g/mol. The fraction of sp³-hybridized carbons (Fsp3) is 0.857. The predicted octanol–water partition coefficient (Wildman–Crippen LogP) is 0.897. The van der Waals surface area contributed by atoms with E-state index in [1.165, 1.54) is 6.42 Å². The lowest BCUT2D eigenvalue weighted by atomic mass is 9.99. The zero-order valence-electron chi connectivity index (χ0n) is 11.8. The third kappa shape index (κ3) is 3.47. The summed E-state index contributed by atoms with van der Waals surface area (Å²) in [6, 6.07) is 0. The standard InChI is InChI=1S/C14H24N2O3/c1-10-4-3-5-16(6-10)13(17)9-15-7-11(2)12(8-15)14(18)19/h10-12H,3-9H2,1-2H3,(H,18,19). The number of carbonyl (C=O) groups is 2. The molecule has 3 unspecified atom stereocenters. The van der Waals surface area contributed by atoms with Gasteiger partial charge in [-0.1, -0.05) is 13.8 Å². The zero-order valence-corrected chi connectivity index (χ0v) is 11.8. The Balaban J connectivity index is 1.84. The molecular weight excluding hydrogens is 244 g/mol. The van der Waals surface area contributed by atoms with Crippen LogP contribution in [-0.4, -0.2) is 59.5 Å². The van der Waals surface area contributed by atoms with Crippen LogP contribution in [0.4, 0.5) is 0 Å². The normalized spacial score (nSPS) is 32.5. The van der Waals surface area contributed by atoms with E-state index in [2.05, 4.69) is 6.92 Å². The lowest BCUT2D eigenvalue weighted by molar-refractivity contribution is -0.142. The van der Waals surface area contributed by atoms with Crippen molar-refractivity contribution in [1.29, 1.82) is 0 Å². The van der Waals surface area contributed by atoms with Crippen LogP contribution in [0.3, 0.4) is 0 Å². The molecule has 0 aliphatic carbocycles. The van der Waals surface area contributed by atoms with Crippen LogP contribution in [-0.2, 0) is 9.59 Å². The van der Waals surface area contributed by atoms with Crippen LogP contribution in [0.15, 0.2) is 0 Å². The molecule has 108 valence electrons. The molecule has 2 heterocycles. The number of carboxylic acid groups (broad SMARTS) is 1. The van der Waals surface area contributed by atoms with Crippen molar-refractivity contribution in [2.24, 2.45) is 17.8 Å². The van der Waals surface area contributed by atoms with Crippen molar-refractivity contribution >= 4 is 11.9 Å². The van der Waals surface area contributed by atoms with Gasteiger partial charge in [-0.2, -0.15) is 0 Å². The van der Waals surface area contributed by atoms with Gasteiger partial charge in [0.15, 0.2) is 0 Å². The maximum Gasteiger partial charge on any atom is 0.308 e. The molecule has 0 aromatic carbocycles. The lowest BCUT2D eigenvalue weighted by Gasteiger charge is -2.32. The molecule has 2 aliphatic heterocycles. The number of nitrogens with zero attached hydrogens (tertiary/aromatic N) is 2. The molecule has 0 radical (unpaired) electrons. The van der Waals surface area contributed by atoms with Gasteiger partial charge in [-0.3, -0.25) is 14.5 Å². The monoisotopic (exact) mass is 268 g/mol. The second kappa shape index (κ2) is 5.90. The third-order valence-corrected chi connectivity index (χ3v) is 4.37. The molecule has 2 fully saturated rings. The fourth-order valence-corrected chi connectivity index (χ4v) is 3.22. The SMILES string of the molecule is CC1CCCN(C(=O)CN2CC(C)C(C(=O)O)C2)C1. The molecule has 5 heteroatoms. The van der Waals surface area contributed by atoms with Crippen LogP contribution in [0.5, 0.6) is 0 Å². The van der Waals surface area contributed by atoms with E-state index >= 15 is 0 Å². The molecule has 1 N–H and O–H groups in total. The molecule has 19 heavy (non-hydrogen) atoms. The number of likely N-dealkylation sites (tertiary alicyclic amines) is 2. The second-order valence-electron chi connectivity index (χ2n) is 6.20. The van der Waals surface area contributed by atoms with Crippen LogP contribution in [0.1, 0.15) is 26.7 Å². The molecule has 0 bridgehead atoms. The van der Waals surface area contributed by atoms with E-state index in [4.69, 9.17) is 5.11 Å². The third-order valence-electron chi connectivity index (χ3n) is 4.37. The van der Waals surface area contributed by atoms with Crippen LogP contribution >= 0.6 is 0 Å². The quantitative estimate of drug-likeness (QED) is 0.826. The summed E-state index contributed by atoms with van der Waals surface area (Å²) in [6.07, 6.45) is 2.28. The van der Waals surface area contributed by atoms with Crippen molar-refractivity contribution in [2.75, 3.05) is 32.7 Å². The first-order valence-electron chi connectivity index (χ1n) is 7.20. The smallest absolute Gasteiger partial charge is 0.308 e. The van der Waals surface area contributed by atoms with Gasteiger partial charge in [0.05, 0.1) is 12.5 Å². The van der Waals surface area contributed by atoms with E-state index < -0.39 is 5.97 Å². The van der Waals surface area contributed by atoms with Crippen molar-refractivity contribution in [1.82, 2.24) is 9.80 Å². The van der Waals surface area contributed by atoms with Crippen molar-refractivity contribution in [3.63, 3.8) is 0 Å². The van der Waals surface area contributed by atoms with Crippen molar-refractivity contribution in [2.45, 2.75) is 26.7 Å². The van der Waals surface area contributed by atoms with Crippen molar-refractivity contribution in [3.8, 4) is 0 Å². The van der Waals surface area contributed by atoms with Crippen molar-refractivity contribution < 1.29 is 14.7 Å². The minimum Gasteiger partial charge on any atom is -0.481 e. The molecule has 0 aromatic rings. The van der Waals surface area contributed by atoms with Crippen LogP contribution < -0.4 is 0 Å². The van der Waals surface area contributed by atoms with E-state index in [1.54, 1.807) is 0 Å². The minimum absolute atomic E-state index is 0.130. The van der Waals surface area contributed by atoms with Gasteiger partial charge >= 0.3 is 5.97 Å². The van der Waals surface area contributed by atoms with Crippen LogP contribution in [0, 0.1) is 17.8 Å². The van der Waals surface area contributed by atoms with Crippen LogP contribution in [0.2, 0.25) is 0 Å². The Morgan fingerprint density at radius 3 is 2.53 bits per heavy atom. The van der Waals surface area contributed by atoms with Gasteiger partial charge in [-0.25, -0.2) is 0 Å². The number of hydrogen-bond acceptors (Lipinski definition) is 3. The molecule has 3 atom stereocenters. The topological polar surface area (TPSA) is 60.9 Å². The molecule has 2 saturated heterocycles. The second-order valence-corrected chi connectivity index (χ2v) is 6.20. The summed E-state index contributed by atoms with van der Waals surface area (Å²) in [5.41, 5.74) is 0. The number of carbonyl (C=O) groups excluding carboxylic acids is 1. The molecule has 2 aliphatic rings. The van der Waals surface area contributed by atoms with E-state index in [9.17, 15) is 9.59 Å². The Kier molecular flexibility index (Phi) is 4.45. The minimum atomic E-state index is -0.742. The van der Waals surface area contributed by atoms with Gasteiger partial charge in [-0.05, 0) is 24.7 Å². The van der Waals surface area contributed by atoms with E-state index in [0.29, 0.717) is 25.6 Å². The van der Waals surface area contributed by atoms with Gasteiger partial charge < -0.3 is 10.0 Å². The molecule has 5 nitrogen and oxygen atoms in total. The summed E-state index contributed by atoms with van der Waals surface area (Å²) in [4.78, 5) is 27.2. The summed E-state index contributed by atoms with van der Waals surface area (Å²) in [6.45, 7) is 7.43. The highest BCUT2D eigenvalue weighted by Gasteiger charge is 2.36. The Bertz CT molecular complexity index is 359. The molecule has 0 aromatic heterocycles. The predicted molar refractivity (Wildman–Crippen MR) is 71.7 cm³/mol. The highest BCUT2D eigenvalue weighted by molar-refractivity contribution is 5.78. The molecular formula is C14H24N2O3. The molecule has 1 amide bonds. The average Bonchev–Trinajstić information content (AvgIpc) is 2.70. The first-order valence-corrected chi connectivity index (χ1v) is 7.20. The summed E-state index contributed by atoms with van der Waals surface area (Å²) in [5, 5.41) is 9.10. The number of hydrogen-bond donors (Lipinski definition) is 1. The zero-order chi connectivity index (χ0) is 14.0. The van der Waals surface area contributed by atoms with E-state index in [1.807, 2.05) is 16.7 Å². The van der Waals surface area contributed by atoms with Crippen LogP contribution in [0.25, 0.3) is 0 Å². The molecule has 0 spiro atoms. The fourth-order valence-electron chi connectivity index (χ4n) is 3.22. The van der Waals surface area contributed by atoms with Gasteiger partial charge in [0.25, 0.3) is 0 Å². The van der Waals surface area contributed by atoms with E-state index in [-0.39, 0.29) is 17.7 Å². The van der Waals surface area contributed by atoms with Gasteiger partial charge in [0, 0.05) is 26.2 Å². The van der Waals surface area contributed by atoms with E-state index in [0.717, 1.165) is 19.5 Å². The largest absolute Gasteiger partial charge is 0.481 e.